The van der Waals surface area contributed by atoms with Crippen molar-refractivity contribution in [2.45, 2.75) is 6.43 Å². The summed E-state index contributed by atoms with van der Waals surface area (Å²) in [7, 11) is 1.32. The zero-order valence-electron chi connectivity index (χ0n) is 6.17. The van der Waals surface area contributed by atoms with E-state index in [2.05, 4.69) is 5.32 Å². The van der Waals surface area contributed by atoms with E-state index in [0.717, 1.165) is 6.20 Å². The zero-order valence-corrected chi connectivity index (χ0v) is 6.17. The average molecular weight is 179 g/mol. The highest BCUT2D eigenvalue weighted by Crippen LogP contribution is 2.05. The summed E-state index contributed by atoms with van der Waals surface area (Å²) >= 11 is 0. The SMILES string of the molecule is CN/C=C(\C(=N)C(F)F)[N+](=O)[O-]. The summed E-state index contributed by atoms with van der Waals surface area (Å²) in [5.41, 5.74) is -2.22. The lowest BCUT2D eigenvalue weighted by atomic mass is 10.3. The van der Waals surface area contributed by atoms with Gasteiger partial charge in [-0.1, -0.05) is 0 Å². The number of halogens is 2. The number of rotatable bonds is 4. The van der Waals surface area contributed by atoms with Crippen molar-refractivity contribution in [1.82, 2.24) is 5.32 Å². The van der Waals surface area contributed by atoms with Crippen LogP contribution in [-0.2, 0) is 0 Å². The Bertz CT molecular complexity index is 227. The second-order valence-corrected chi connectivity index (χ2v) is 1.79. The van der Waals surface area contributed by atoms with Gasteiger partial charge in [-0.15, -0.1) is 0 Å². The molecule has 0 atom stereocenters. The maximum absolute atomic E-state index is 11.8. The predicted molar refractivity (Wildman–Crippen MR) is 37.9 cm³/mol. The van der Waals surface area contributed by atoms with E-state index in [1.807, 2.05) is 0 Å². The fourth-order valence-corrected chi connectivity index (χ4v) is 0.477. The molecule has 0 aliphatic heterocycles. The summed E-state index contributed by atoms with van der Waals surface area (Å²) in [6.07, 6.45) is -2.39. The molecule has 0 aliphatic carbocycles. The summed E-state index contributed by atoms with van der Waals surface area (Å²) in [5.74, 6) is 0. The van der Waals surface area contributed by atoms with Crippen LogP contribution in [0.4, 0.5) is 8.78 Å². The smallest absolute Gasteiger partial charge is 0.311 e. The molecule has 0 rings (SSSR count). The quantitative estimate of drug-likeness (QED) is 0.377. The fraction of sp³-hybridized carbons (Fsp3) is 0.400. The minimum absolute atomic E-state index is 0.745. The van der Waals surface area contributed by atoms with Crippen LogP contribution in [0.5, 0.6) is 0 Å². The molecule has 0 amide bonds. The standard InChI is InChI=1S/C5H7F2N3O2/c1-9-2-3(10(11)12)4(8)5(6)7/h2,5,8-9H,1H3/b3-2+,8-4?. The zero-order chi connectivity index (χ0) is 9.72. The third-order valence-corrected chi connectivity index (χ3v) is 0.972. The first-order chi connectivity index (χ1) is 5.50. The lowest BCUT2D eigenvalue weighted by Gasteiger charge is -1.98. The lowest BCUT2D eigenvalue weighted by molar-refractivity contribution is -0.416. The van der Waals surface area contributed by atoms with Crippen molar-refractivity contribution in [2.75, 3.05) is 7.05 Å². The molecule has 5 nitrogen and oxygen atoms in total. The summed E-state index contributed by atoms with van der Waals surface area (Å²) < 4.78 is 23.5. The minimum Gasteiger partial charge on any atom is -0.388 e. The van der Waals surface area contributed by atoms with Crippen LogP contribution in [0.3, 0.4) is 0 Å². The van der Waals surface area contributed by atoms with Gasteiger partial charge in [0.1, 0.15) is 0 Å². The fourth-order valence-electron chi connectivity index (χ4n) is 0.477. The summed E-state index contributed by atoms with van der Waals surface area (Å²) in [5, 5.41) is 18.9. The van der Waals surface area contributed by atoms with Crippen LogP contribution >= 0.6 is 0 Å². The van der Waals surface area contributed by atoms with Crippen molar-refractivity contribution >= 4 is 5.71 Å². The van der Waals surface area contributed by atoms with E-state index in [1.54, 1.807) is 0 Å². The molecule has 7 heteroatoms. The first kappa shape index (κ1) is 10.5. The normalized spacial score (nSPS) is 11.5. The maximum Gasteiger partial charge on any atom is 0.311 e. The van der Waals surface area contributed by atoms with Gasteiger partial charge in [-0.25, -0.2) is 8.78 Å². The van der Waals surface area contributed by atoms with Gasteiger partial charge in [0.2, 0.25) is 0 Å². The summed E-state index contributed by atoms with van der Waals surface area (Å²) in [6, 6.07) is 0. The number of nitro groups is 1. The molecule has 0 aliphatic rings. The molecule has 0 unspecified atom stereocenters. The molecule has 0 aromatic rings. The van der Waals surface area contributed by atoms with E-state index in [4.69, 9.17) is 5.41 Å². The van der Waals surface area contributed by atoms with Gasteiger partial charge in [0.05, 0.1) is 11.1 Å². The third kappa shape index (κ3) is 2.60. The predicted octanol–water partition coefficient (Wildman–Crippen LogP) is 0.609. The molecule has 0 heterocycles. The van der Waals surface area contributed by atoms with Crippen LogP contribution < -0.4 is 5.32 Å². The van der Waals surface area contributed by atoms with Gasteiger partial charge in [-0.2, -0.15) is 0 Å². The van der Waals surface area contributed by atoms with Crippen LogP contribution in [0.15, 0.2) is 11.9 Å². The molecular formula is C5H7F2N3O2. The van der Waals surface area contributed by atoms with Gasteiger partial charge in [0.25, 0.3) is 6.43 Å². The molecule has 0 aromatic heterocycles. The maximum atomic E-state index is 11.8. The van der Waals surface area contributed by atoms with Crippen LogP contribution in [0, 0.1) is 15.5 Å². The Morgan fingerprint density at radius 3 is 2.50 bits per heavy atom. The van der Waals surface area contributed by atoms with Crippen molar-refractivity contribution in [1.29, 1.82) is 5.41 Å². The molecule has 0 saturated carbocycles. The highest BCUT2D eigenvalue weighted by atomic mass is 19.3. The monoisotopic (exact) mass is 179 g/mol. The van der Waals surface area contributed by atoms with Gasteiger partial charge >= 0.3 is 5.70 Å². The molecule has 2 N–H and O–H groups in total. The van der Waals surface area contributed by atoms with Crippen molar-refractivity contribution in [3.05, 3.63) is 22.0 Å². The van der Waals surface area contributed by atoms with E-state index < -0.39 is 22.8 Å². The van der Waals surface area contributed by atoms with E-state index in [-0.39, 0.29) is 0 Å². The van der Waals surface area contributed by atoms with Gasteiger partial charge in [0.15, 0.2) is 5.71 Å². The Labute approximate surface area is 66.7 Å². The Hall–Kier alpha value is -1.53. The summed E-state index contributed by atoms with van der Waals surface area (Å²) in [6.45, 7) is 0. The number of nitrogens with one attached hydrogen (secondary N) is 2. The van der Waals surface area contributed by atoms with E-state index >= 15 is 0 Å². The van der Waals surface area contributed by atoms with Gasteiger partial charge in [0, 0.05) is 7.05 Å². The molecule has 0 saturated heterocycles. The van der Waals surface area contributed by atoms with Crippen molar-refractivity contribution in [3.8, 4) is 0 Å². The van der Waals surface area contributed by atoms with Crippen LogP contribution in [0.25, 0.3) is 0 Å². The second-order valence-electron chi connectivity index (χ2n) is 1.79. The second kappa shape index (κ2) is 4.37. The lowest BCUT2D eigenvalue weighted by Crippen LogP contribution is -2.19. The van der Waals surface area contributed by atoms with E-state index in [0.29, 0.717) is 0 Å². The number of hydrogen-bond donors (Lipinski definition) is 2. The summed E-state index contributed by atoms with van der Waals surface area (Å²) in [4.78, 5) is 9.02. The van der Waals surface area contributed by atoms with E-state index in [9.17, 15) is 18.9 Å². The molecule has 0 radical (unpaired) electrons. The Morgan fingerprint density at radius 1 is 1.75 bits per heavy atom. The molecule has 12 heavy (non-hydrogen) atoms. The molecule has 0 spiro atoms. The first-order valence-electron chi connectivity index (χ1n) is 2.89. The van der Waals surface area contributed by atoms with Gasteiger partial charge < -0.3 is 5.32 Å². The van der Waals surface area contributed by atoms with Crippen molar-refractivity contribution in [3.63, 3.8) is 0 Å². The van der Waals surface area contributed by atoms with Gasteiger partial charge in [-0.05, 0) is 0 Å². The molecule has 0 aromatic carbocycles. The number of nitrogens with zero attached hydrogens (tertiary/aromatic N) is 1. The van der Waals surface area contributed by atoms with Crippen LogP contribution in [0.2, 0.25) is 0 Å². The Morgan fingerprint density at radius 2 is 2.25 bits per heavy atom. The minimum atomic E-state index is -3.13. The Balaban J connectivity index is 4.65. The number of allylic oxidation sites excluding steroid dienone is 1. The Kier molecular flexibility index (Phi) is 3.81. The highest BCUT2D eigenvalue weighted by Gasteiger charge is 2.25. The van der Waals surface area contributed by atoms with Gasteiger partial charge in [-0.3, -0.25) is 15.5 Å². The largest absolute Gasteiger partial charge is 0.388 e. The number of alkyl halides is 2. The topological polar surface area (TPSA) is 79.0 Å². The number of hydrogen-bond acceptors (Lipinski definition) is 4. The van der Waals surface area contributed by atoms with Crippen molar-refractivity contribution < 1.29 is 13.7 Å². The van der Waals surface area contributed by atoms with E-state index in [1.165, 1.54) is 7.05 Å². The van der Waals surface area contributed by atoms with Crippen molar-refractivity contribution in [2.24, 2.45) is 0 Å². The van der Waals surface area contributed by atoms with Crippen LogP contribution in [-0.4, -0.2) is 24.1 Å². The molecule has 68 valence electrons. The third-order valence-electron chi connectivity index (χ3n) is 0.972. The first-order valence-corrected chi connectivity index (χ1v) is 2.89. The molecule has 0 fully saturated rings. The molecule has 0 bridgehead atoms. The highest BCUT2D eigenvalue weighted by molar-refractivity contribution is 5.97. The van der Waals surface area contributed by atoms with Crippen LogP contribution in [0.1, 0.15) is 0 Å². The average Bonchev–Trinajstić information content (AvgIpc) is 1.98. The molecular weight excluding hydrogens is 172 g/mol.